The molecule has 0 amide bonds. The van der Waals surface area contributed by atoms with Crippen molar-refractivity contribution in [2.24, 2.45) is 0 Å². The maximum Gasteiger partial charge on any atom is -0.147 e. The van der Waals surface area contributed by atoms with Gasteiger partial charge >= 0.3 is 71.9 Å². The van der Waals surface area contributed by atoms with Gasteiger partial charge in [-0.3, -0.25) is 0 Å². The van der Waals surface area contributed by atoms with Crippen molar-refractivity contribution in [3.63, 3.8) is 0 Å². The Balaban J connectivity index is 0. The van der Waals surface area contributed by atoms with Gasteiger partial charge in [-0.2, -0.15) is 0 Å². The van der Waals surface area contributed by atoms with E-state index in [0.29, 0.717) is 0 Å². The average Bonchev–Trinajstić information content (AvgIpc) is 2.13. The van der Waals surface area contributed by atoms with Crippen molar-refractivity contribution in [3.8, 4) is 0 Å². The number of halogens is 2. The Hall–Kier alpha value is 0.943. The van der Waals surface area contributed by atoms with Crippen molar-refractivity contribution in [2.45, 2.75) is 26.7 Å². The van der Waals surface area contributed by atoms with Crippen molar-refractivity contribution in [1.29, 1.82) is 0 Å². The Labute approximate surface area is 96.2 Å². The predicted molar refractivity (Wildman–Crippen MR) is 50.2 cm³/mol. The van der Waals surface area contributed by atoms with Crippen LogP contribution in [0.4, 0.5) is 0 Å². The van der Waals surface area contributed by atoms with E-state index in [0.717, 1.165) is 0 Å². The van der Waals surface area contributed by atoms with Gasteiger partial charge in [0.05, 0.1) is 0 Å². The average molecular weight is 271 g/mol. The zero-order chi connectivity index (χ0) is 6.85. The molecule has 0 bridgehead atoms. The molecule has 0 fully saturated rings. The molecule has 63 valence electrons. The van der Waals surface area contributed by atoms with E-state index < -0.39 is 0 Å². The molecule has 11 heavy (non-hydrogen) atoms. The van der Waals surface area contributed by atoms with Crippen molar-refractivity contribution >= 4 is 24.8 Å². The van der Waals surface area contributed by atoms with Gasteiger partial charge in [0.25, 0.3) is 0 Å². The molecule has 0 nitrogen and oxygen atoms in total. The summed E-state index contributed by atoms with van der Waals surface area (Å²) in [5.41, 5.74) is 3.13. The van der Waals surface area contributed by atoms with E-state index >= 15 is 0 Å². The van der Waals surface area contributed by atoms with Crippen LogP contribution in [0.25, 0.3) is 0 Å². The molecule has 0 aromatic heterocycles. The zero-order valence-corrected chi connectivity index (χ0v) is 10.9. The fraction of sp³-hybridized carbons (Fsp3) is 0.500. The first-order valence-electron chi connectivity index (χ1n) is 3.35. The summed E-state index contributed by atoms with van der Waals surface area (Å²) in [5.74, 6) is 0. The second kappa shape index (κ2) is 6.46. The molecular weight excluding hydrogens is 258 g/mol. The molecule has 0 atom stereocenters. The van der Waals surface area contributed by atoms with Crippen LogP contribution in [-0.4, -0.2) is 0 Å². The van der Waals surface area contributed by atoms with Crippen LogP contribution in [0.3, 0.4) is 0 Å². The topological polar surface area (TPSA) is 0 Å². The second-order valence-electron chi connectivity index (χ2n) is 2.49. The van der Waals surface area contributed by atoms with Crippen LogP contribution in [-0.2, 0) is 24.7 Å². The molecule has 0 aromatic rings. The Morgan fingerprint density at radius 2 is 2.00 bits per heavy atom. The maximum atomic E-state index is 2.34. The van der Waals surface area contributed by atoms with Crippen molar-refractivity contribution < 1.29 is 24.7 Å². The van der Waals surface area contributed by atoms with Gasteiger partial charge in [0.15, 0.2) is 0 Å². The molecule has 0 aromatic carbocycles. The summed E-state index contributed by atoms with van der Waals surface area (Å²) in [6, 6.07) is 0. The van der Waals surface area contributed by atoms with Crippen LogP contribution >= 0.6 is 24.8 Å². The second-order valence-corrected chi connectivity index (χ2v) is 3.98. The van der Waals surface area contributed by atoms with Crippen molar-refractivity contribution in [1.82, 2.24) is 0 Å². The molecule has 0 saturated carbocycles. The smallest absolute Gasteiger partial charge is 0.147 e. The summed E-state index contributed by atoms with van der Waals surface area (Å²) in [4.78, 5) is 0. The van der Waals surface area contributed by atoms with E-state index in [2.05, 4.69) is 19.9 Å². The van der Waals surface area contributed by atoms with Crippen LogP contribution in [0.15, 0.2) is 20.5 Å². The SMILES string of the molecule is CCC1=CC(C)=[C]([Zr])C1.Cl.Cl. The summed E-state index contributed by atoms with van der Waals surface area (Å²) in [6.07, 6.45) is 4.83. The minimum absolute atomic E-state index is 0. The number of hydrogen-bond donors (Lipinski definition) is 0. The monoisotopic (exact) mass is 269 g/mol. The van der Waals surface area contributed by atoms with Crippen LogP contribution in [0, 0.1) is 0 Å². The third kappa shape index (κ3) is 3.92. The van der Waals surface area contributed by atoms with E-state index in [1.165, 1.54) is 18.4 Å². The van der Waals surface area contributed by atoms with E-state index in [-0.39, 0.29) is 24.8 Å². The summed E-state index contributed by atoms with van der Waals surface area (Å²) in [5, 5.41) is 0. The predicted octanol–water partition coefficient (Wildman–Crippen LogP) is 3.39. The first kappa shape index (κ1) is 14.5. The summed E-state index contributed by atoms with van der Waals surface area (Å²) in [6.45, 7) is 4.44. The Bertz CT molecular complexity index is 183. The van der Waals surface area contributed by atoms with Gasteiger partial charge < -0.3 is 0 Å². The third-order valence-corrected chi connectivity index (χ3v) is 3.16. The van der Waals surface area contributed by atoms with Gasteiger partial charge in [0.1, 0.15) is 0 Å². The first-order chi connectivity index (χ1) is 4.24. The van der Waals surface area contributed by atoms with Crippen LogP contribution < -0.4 is 0 Å². The molecule has 0 heterocycles. The van der Waals surface area contributed by atoms with E-state index in [1.54, 1.807) is 33.6 Å². The minimum Gasteiger partial charge on any atom is -0.147 e. The van der Waals surface area contributed by atoms with E-state index in [1.807, 2.05) is 0 Å². The van der Waals surface area contributed by atoms with Gasteiger partial charge in [-0.05, 0) is 0 Å². The number of allylic oxidation sites excluding steroid dienone is 4. The van der Waals surface area contributed by atoms with E-state index in [4.69, 9.17) is 0 Å². The van der Waals surface area contributed by atoms with Crippen molar-refractivity contribution in [3.05, 3.63) is 20.5 Å². The molecule has 0 N–H and O–H groups in total. The standard InChI is InChI=1S/C8H11.2ClH.Zr/c1-3-8-5-4-7(2)6-8;;;/h6H,3,5H2,1-2H3;2*1H;. The molecule has 3 heteroatoms. The zero-order valence-electron chi connectivity index (χ0n) is 6.81. The molecule has 1 aliphatic carbocycles. The molecule has 1 aliphatic rings. The fourth-order valence-electron chi connectivity index (χ4n) is 1.04. The van der Waals surface area contributed by atoms with Crippen molar-refractivity contribution in [2.75, 3.05) is 0 Å². The molecule has 0 radical (unpaired) electrons. The van der Waals surface area contributed by atoms with Gasteiger partial charge in [-0.1, -0.05) is 0 Å². The molecule has 1 rings (SSSR count). The van der Waals surface area contributed by atoms with Gasteiger partial charge in [-0.15, -0.1) is 24.8 Å². The maximum absolute atomic E-state index is 2.34. The van der Waals surface area contributed by atoms with Crippen LogP contribution in [0.2, 0.25) is 0 Å². The first-order valence-corrected chi connectivity index (χ1v) is 4.57. The van der Waals surface area contributed by atoms with E-state index in [9.17, 15) is 0 Å². The Morgan fingerprint density at radius 1 is 1.45 bits per heavy atom. The Kier molecular flexibility index (Phi) is 8.49. The van der Waals surface area contributed by atoms with Crippen LogP contribution in [0.1, 0.15) is 26.7 Å². The molecule has 0 spiro atoms. The summed E-state index contributed by atoms with van der Waals surface area (Å²) >= 11 is 1.59. The number of rotatable bonds is 1. The minimum atomic E-state index is 0. The Morgan fingerprint density at radius 3 is 2.18 bits per heavy atom. The normalized spacial score (nSPS) is 15.2. The molecule has 0 unspecified atom stereocenters. The van der Waals surface area contributed by atoms with Crippen LogP contribution in [0.5, 0.6) is 0 Å². The molecule has 0 aliphatic heterocycles. The van der Waals surface area contributed by atoms with Gasteiger partial charge in [0, 0.05) is 0 Å². The largest absolute Gasteiger partial charge is 0.147 e. The fourth-order valence-corrected chi connectivity index (χ4v) is 1.77. The molecular formula is C8H13Cl2Zr. The summed E-state index contributed by atoms with van der Waals surface area (Å²) < 4.78 is 1.64. The number of hydrogen-bond acceptors (Lipinski definition) is 0. The quantitative estimate of drug-likeness (QED) is 0.686. The summed E-state index contributed by atoms with van der Waals surface area (Å²) in [7, 11) is 0. The molecule has 0 saturated heterocycles. The van der Waals surface area contributed by atoms with Gasteiger partial charge in [-0.25, -0.2) is 0 Å². The van der Waals surface area contributed by atoms with Gasteiger partial charge in [0.2, 0.25) is 0 Å². The third-order valence-electron chi connectivity index (χ3n) is 1.75.